The van der Waals surface area contributed by atoms with Crippen molar-refractivity contribution < 1.29 is 4.79 Å². The lowest BCUT2D eigenvalue weighted by Gasteiger charge is -2.16. The molecule has 154 valence electrons. The number of hydrogen-bond donors (Lipinski definition) is 1. The number of rotatable bonds is 5. The molecular formula is C25H23N5O. The number of amides is 1. The minimum Gasteiger partial charge on any atom is -0.312 e. The van der Waals surface area contributed by atoms with Crippen LogP contribution in [0.1, 0.15) is 31.2 Å². The van der Waals surface area contributed by atoms with Gasteiger partial charge in [-0.2, -0.15) is 5.10 Å². The molecule has 1 aliphatic carbocycles. The largest absolute Gasteiger partial charge is 0.312 e. The minimum absolute atomic E-state index is 0.206. The van der Waals surface area contributed by atoms with E-state index in [-0.39, 0.29) is 5.91 Å². The van der Waals surface area contributed by atoms with Gasteiger partial charge in [-0.25, -0.2) is 4.98 Å². The van der Waals surface area contributed by atoms with Crippen molar-refractivity contribution in [1.29, 1.82) is 0 Å². The van der Waals surface area contributed by atoms with Crippen molar-refractivity contribution in [2.75, 3.05) is 11.4 Å². The van der Waals surface area contributed by atoms with E-state index in [9.17, 15) is 4.79 Å². The zero-order chi connectivity index (χ0) is 20.8. The Morgan fingerprint density at radius 3 is 2.61 bits per heavy atom. The van der Waals surface area contributed by atoms with Crippen molar-refractivity contribution in [3.8, 4) is 22.4 Å². The quantitative estimate of drug-likeness (QED) is 0.515. The van der Waals surface area contributed by atoms with Crippen LogP contribution in [0.15, 0.2) is 55.0 Å². The molecule has 6 heteroatoms. The van der Waals surface area contributed by atoms with Crippen LogP contribution in [0.2, 0.25) is 0 Å². The fourth-order valence-corrected chi connectivity index (χ4v) is 4.42. The van der Waals surface area contributed by atoms with E-state index >= 15 is 0 Å². The van der Waals surface area contributed by atoms with Gasteiger partial charge in [0.15, 0.2) is 5.65 Å². The smallest absolute Gasteiger partial charge is 0.227 e. The van der Waals surface area contributed by atoms with E-state index in [0.29, 0.717) is 6.42 Å². The lowest BCUT2D eigenvalue weighted by atomic mass is 10.0. The van der Waals surface area contributed by atoms with E-state index in [4.69, 9.17) is 0 Å². The third-order valence-electron chi connectivity index (χ3n) is 6.30. The van der Waals surface area contributed by atoms with Crippen molar-refractivity contribution in [2.45, 2.75) is 32.1 Å². The van der Waals surface area contributed by atoms with Crippen molar-refractivity contribution in [3.63, 3.8) is 0 Å². The molecule has 3 aromatic heterocycles. The molecule has 4 aromatic rings. The number of nitrogens with zero attached hydrogens (tertiary/aromatic N) is 4. The molecule has 6 rings (SSSR count). The molecular weight excluding hydrogens is 386 g/mol. The molecule has 0 unspecified atom stereocenters. The van der Waals surface area contributed by atoms with Gasteiger partial charge >= 0.3 is 0 Å². The molecule has 1 amide bonds. The van der Waals surface area contributed by atoms with Crippen molar-refractivity contribution in [2.24, 2.45) is 5.92 Å². The predicted octanol–water partition coefficient (Wildman–Crippen LogP) is 4.77. The Bertz CT molecular complexity index is 1270. The van der Waals surface area contributed by atoms with E-state index in [1.807, 2.05) is 35.6 Å². The first-order chi connectivity index (χ1) is 15.2. The number of aromatic nitrogens is 4. The first kappa shape index (κ1) is 18.2. The van der Waals surface area contributed by atoms with Gasteiger partial charge in [0.2, 0.25) is 5.91 Å². The highest BCUT2D eigenvalue weighted by Gasteiger charge is 2.23. The van der Waals surface area contributed by atoms with E-state index in [2.05, 4.69) is 44.4 Å². The van der Waals surface area contributed by atoms with Crippen LogP contribution in [0.4, 0.5) is 5.69 Å². The van der Waals surface area contributed by atoms with Gasteiger partial charge in [-0.05, 0) is 67.0 Å². The molecule has 0 radical (unpaired) electrons. The number of benzene rings is 1. The molecule has 1 saturated carbocycles. The van der Waals surface area contributed by atoms with Crippen LogP contribution in [0.25, 0.3) is 33.4 Å². The number of aromatic amines is 1. The molecule has 4 heterocycles. The molecule has 1 aromatic carbocycles. The summed E-state index contributed by atoms with van der Waals surface area (Å²) in [4.78, 5) is 22.9. The summed E-state index contributed by atoms with van der Waals surface area (Å²) < 4.78 is 0. The highest BCUT2D eigenvalue weighted by molar-refractivity contribution is 5.95. The third kappa shape index (κ3) is 3.48. The van der Waals surface area contributed by atoms with Crippen molar-refractivity contribution in [3.05, 3.63) is 60.6 Å². The van der Waals surface area contributed by atoms with Crippen LogP contribution in [0.3, 0.4) is 0 Å². The Hall–Kier alpha value is -3.54. The second-order valence-corrected chi connectivity index (χ2v) is 8.62. The molecule has 2 aliphatic rings. The second kappa shape index (κ2) is 7.30. The molecule has 6 nitrogen and oxygen atoms in total. The number of carbonyl (C=O) groups excluding carboxylic acids is 1. The fourth-order valence-electron chi connectivity index (χ4n) is 4.42. The van der Waals surface area contributed by atoms with Gasteiger partial charge in [0.05, 0.1) is 5.69 Å². The number of hydrogen-bond acceptors (Lipinski definition) is 4. The highest BCUT2D eigenvalue weighted by Crippen LogP contribution is 2.34. The summed E-state index contributed by atoms with van der Waals surface area (Å²) in [6.45, 7) is 0.804. The average Bonchev–Trinajstić information content (AvgIpc) is 3.35. The van der Waals surface area contributed by atoms with Crippen LogP contribution >= 0.6 is 0 Å². The summed E-state index contributed by atoms with van der Waals surface area (Å²) in [5, 5.41) is 8.60. The van der Waals surface area contributed by atoms with E-state index < -0.39 is 0 Å². The first-order valence-corrected chi connectivity index (χ1v) is 10.9. The molecule has 0 atom stereocenters. The Balaban J connectivity index is 1.32. The maximum absolute atomic E-state index is 12.0. The van der Waals surface area contributed by atoms with Crippen LogP contribution in [0.5, 0.6) is 0 Å². The summed E-state index contributed by atoms with van der Waals surface area (Å²) >= 11 is 0. The number of carbonyl (C=O) groups is 1. The van der Waals surface area contributed by atoms with Crippen molar-refractivity contribution >= 4 is 22.6 Å². The van der Waals surface area contributed by atoms with Gasteiger partial charge in [-0.15, -0.1) is 0 Å². The maximum Gasteiger partial charge on any atom is 0.227 e. The highest BCUT2D eigenvalue weighted by atomic mass is 16.2. The summed E-state index contributed by atoms with van der Waals surface area (Å²) in [5.41, 5.74) is 7.01. The molecule has 0 bridgehead atoms. The number of fused-ring (bicyclic) bond motifs is 1. The van der Waals surface area contributed by atoms with Gasteiger partial charge in [-0.1, -0.05) is 12.1 Å². The molecule has 0 spiro atoms. The standard InChI is InChI=1S/C25H23N5O/c31-23-2-1-9-30(23)21-7-5-18(6-8-21)19-12-20(15-26-14-19)24-22-11-17(10-16-3-4-16)13-27-25(22)29-28-24/h5-8,11-16H,1-4,9-10H2,(H,27,28,29). The minimum atomic E-state index is 0.206. The number of nitrogens with one attached hydrogen (secondary N) is 1. The topological polar surface area (TPSA) is 74.8 Å². The van der Waals surface area contributed by atoms with E-state index in [1.165, 1.54) is 18.4 Å². The molecule has 1 N–H and O–H groups in total. The summed E-state index contributed by atoms with van der Waals surface area (Å²) in [7, 11) is 0. The zero-order valence-corrected chi connectivity index (χ0v) is 17.2. The summed E-state index contributed by atoms with van der Waals surface area (Å²) in [6, 6.07) is 12.5. The van der Waals surface area contributed by atoms with Crippen LogP contribution in [-0.2, 0) is 11.2 Å². The van der Waals surface area contributed by atoms with E-state index in [1.54, 1.807) is 0 Å². The molecule has 31 heavy (non-hydrogen) atoms. The predicted molar refractivity (Wildman–Crippen MR) is 121 cm³/mol. The molecule has 1 aliphatic heterocycles. The Morgan fingerprint density at radius 2 is 1.84 bits per heavy atom. The van der Waals surface area contributed by atoms with Gasteiger partial charge in [0.1, 0.15) is 0 Å². The summed E-state index contributed by atoms with van der Waals surface area (Å²) in [5.74, 6) is 1.02. The van der Waals surface area contributed by atoms with Gasteiger partial charge in [0, 0.05) is 53.8 Å². The normalized spacial score (nSPS) is 16.4. The third-order valence-corrected chi connectivity index (χ3v) is 6.30. The lowest BCUT2D eigenvalue weighted by Crippen LogP contribution is -2.23. The van der Waals surface area contributed by atoms with Crippen LogP contribution in [-0.4, -0.2) is 32.6 Å². The SMILES string of the molecule is O=C1CCCN1c1ccc(-c2cncc(-c3[nH]nc4ncc(CC5CC5)cc34)c2)cc1. The average molecular weight is 409 g/mol. The Morgan fingerprint density at radius 1 is 1.00 bits per heavy atom. The first-order valence-electron chi connectivity index (χ1n) is 10.9. The summed E-state index contributed by atoms with van der Waals surface area (Å²) in [6.07, 6.45) is 11.0. The maximum atomic E-state index is 12.0. The zero-order valence-electron chi connectivity index (χ0n) is 17.2. The van der Waals surface area contributed by atoms with Gasteiger partial charge < -0.3 is 4.90 Å². The molecule has 2 fully saturated rings. The number of H-pyrrole nitrogens is 1. The van der Waals surface area contributed by atoms with Gasteiger partial charge in [0.25, 0.3) is 0 Å². The second-order valence-electron chi connectivity index (χ2n) is 8.62. The Labute approximate surface area is 180 Å². The fraction of sp³-hybridized carbons (Fsp3) is 0.280. The molecule has 1 saturated heterocycles. The lowest BCUT2D eigenvalue weighted by molar-refractivity contribution is -0.117. The van der Waals surface area contributed by atoms with Gasteiger partial charge in [-0.3, -0.25) is 14.9 Å². The van der Waals surface area contributed by atoms with E-state index in [0.717, 1.165) is 64.4 Å². The number of pyridine rings is 2. The number of anilines is 1. The monoisotopic (exact) mass is 409 g/mol. The van der Waals surface area contributed by atoms with Crippen LogP contribution < -0.4 is 4.90 Å². The van der Waals surface area contributed by atoms with Crippen molar-refractivity contribution in [1.82, 2.24) is 20.2 Å². The Kier molecular flexibility index (Phi) is 4.30. The van der Waals surface area contributed by atoms with Crippen LogP contribution in [0, 0.1) is 5.92 Å².